The summed E-state index contributed by atoms with van der Waals surface area (Å²) in [5, 5.41) is 0. The third kappa shape index (κ3) is 3.84. The fourth-order valence-electron chi connectivity index (χ4n) is 1.72. The zero-order valence-corrected chi connectivity index (χ0v) is 11.0. The van der Waals surface area contributed by atoms with Crippen molar-refractivity contribution in [1.82, 2.24) is 0 Å². The number of allylic oxidation sites excluding steroid dienone is 2. The molecule has 0 aromatic rings. The molecule has 2 heteroatoms. The van der Waals surface area contributed by atoms with Crippen molar-refractivity contribution in [3.8, 4) is 0 Å². The largest absolute Gasteiger partial charge is 0.466 e. The van der Waals surface area contributed by atoms with Crippen LogP contribution in [0.4, 0.5) is 0 Å². The fourth-order valence-corrected chi connectivity index (χ4v) is 1.72. The van der Waals surface area contributed by atoms with E-state index in [9.17, 15) is 4.79 Å². The van der Waals surface area contributed by atoms with Gasteiger partial charge >= 0.3 is 5.97 Å². The first kappa shape index (κ1) is 14.9. The van der Waals surface area contributed by atoms with Crippen LogP contribution in [0.15, 0.2) is 25.3 Å². The van der Waals surface area contributed by atoms with Gasteiger partial charge in [-0.3, -0.25) is 4.79 Å². The molecule has 0 heterocycles. The summed E-state index contributed by atoms with van der Waals surface area (Å²) in [5.74, 6) is -0.229. The average Bonchev–Trinajstić information content (AvgIpc) is 2.16. The lowest BCUT2D eigenvalue weighted by Gasteiger charge is -2.42. The van der Waals surface area contributed by atoms with Crippen molar-refractivity contribution in [2.75, 3.05) is 6.61 Å². The van der Waals surface area contributed by atoms with Gasteiger partial charge in [0.25, 0.3) is 0 Å². The normalized spacial score (nSPS) is 15.0. The van der Waals surface area contributed by atoms with Crippen LogP contribution in [0.3, 0.4) is 0 Å². The Morgan fingerprint density at radius 1 is 1.31 bits per heavy atom. The molecule has 0 aliphatic carbocycles. The minimum Gasteiger partial charge on any atom is -0.466 e. The standard InChI is InChI=1S/C14H24O2/c1-7-9-13(4,5)14(6,8-2)10-11-16-12(3)15/h7-8H,1-2,9-11H2,3-6H3/t14-/m0/s1. The SMILES string of the molecule is C=CCC(C)(C)[C@@](C)(C=C)CCOC(C)=O. The Kier molecular flexibility index (Phi) is 5.49. The third-order valence-electron chi connectivity index (χ3n) is 3.58. The van der Waals surface area contributed by atoms with Crippen molar-refractivity contribution < 1.29 is 9.53 Å². The first-order valence-corrected chi connectivity index (χ1v) is 5.67. The zero-order chi connectivity index (χ0) is 12.8. The average molecular weight is 224 g/mol. The van der Waals surface area contributed by atoms with Gasteiger partial charge in [-0.15, -0.1) is 13.2 Å². The van der Waals surface area contributed by atoms with Gasteiger partial charge in [0.2, 0.25) is 0 Å². The molecule has 0 aromatic carbocycles. The molecule has 0 amide bonds. The summed E-state index contributed by atoms with van der Waals surface area (Å²) in [6, 6.07) is 0. The second-order valence-electron chi connectivity index (χ2n) is 5.09. The molecule has 0 rings (SSSR count). The molecule has 0 spiro atoms. The minimum absolute atomic E-state index is 0.0589. The lowest BCUT2D eigenvalue weighted by Crippen LogP contribution is -2.34. The summed E-state index contributed by atoms with van der Waals surface area (Å²) >= 11 is 0. The summed E-state index contributed by atoms with van der Waals surface area (Å²) in [5.41, 5.74) is 0.00723. The third-order valence-corrected chi connectivity index (χ3v) is 3.58. The van der Waals surface area contributed by atoms with E-state index < -0.39 is 0 Å². The number of esters is 1. The number of carbonyl (C=O) groups is 1. The lowest BCUT2D eigenvalue weighted by atomic mass is 9.63. The summed E-state index contributed by atoms with van der Waals surface area (Å²) in [6.45, 7) is 16.1. The van der Waals surface area contributed by atoms with Crippen molar-refractivity contribution in [1.29, 1.82) is 0 Å². The van der Waals surface area contributed by atoms with Crippen LogP contribution in [0.25, 0.3) is 0 Å². The predicted octanol–water partition coefficient (Wildman–Crippen LogP) is 3.73. The molecule has 0 bridgehead atoms. The highest BCUT2D eigenvalue weighted by Crippen LogP contribution is 2.45. The Morgan fingerprint density at radius 3 is 2.25 bits per heavy atom. The highest BCUT2D eigenvalue weighted by Gasteiger charge is 2.37. The molecule has 0 unspecified atom stereocenters. The maximum Gasteiger partial charge on any atom is 0.302 e. The van der Waals surface area contributed by atoms with E-state index in [4.69, 9.17) is 4.74 Å². The second-order valence-corrected chi connectivity index (χ2v) is 5.09. The molecule has 16 heavy (non-hydrogen) atoms. The number of carbonyl (C=O) groups excluding carboxylic acids is 1. The van der Waals surface area contributed by atoms with Crippen LogP contribution in [0.1, 0.15) is 40.5 Å². The van der Waals surface area contributed by atoms with Gasteiger partial charge in [0.1, 0.15) is 0 Å². The maximum atomic E-state index is 10.7. The zero-order valence-electron chi connectivity index (χ0n) is 11.0. The molecule has 1 atom stereocenters. The maximum absolute atomic E-state index is 10.7. The second kappa shape index (κ2) is 5.88. The predicted molar refractivity (Wildman–Crippen MR) is 68.1 cm³/mol. The highest BCUT2D eigenvalue weighted by molar-refractivity contribution is 5.65. The molecular formula is C14H24O2. The summed E-state index contributed by atoms with van der Waals surface area (Å²) < 4.78 is 5.00. The van der Waals surface area contributed by atoms with Crippen LogP contribution in [-0.2, 0) is 9.53 Å². The Hall–Kier alpha value is -1.05. The van der Waals surface area contributed by atoms with Gasteiger partial charge in [-0.1, -0.05) is 32.9 Å². The topological polar surface area (TPSA) is 26.3 Å². The molecule has 0 fully saturated rings. The van der Waals surface area contributed by atoms with E-state index in [0.29, 0.717) is 6.61 Å². The van der Waals surface area contributed by atoms with Crippen LogP contribution < -0.4 is 0 Å². The molecule has 0 N–H and O–H groups in total. The quantitative estimate of drug-likeness (QED) is 0.486. The minimum atomic E-state index is -0.229. The Morgan fingerprint density at radius 2 is 1.88 bits per heavy atom. The van der Waals surface area contributed by atoms with Gasteiger partial charge in [0.05, 0.1) is 6.61 Å². The lowest BCUT2D eigenvalue weighted by molar-refractivity contribution is -0.141. The van der Waals surface area contributed by atoms with E-state index in [1.807, 2.05) is 12.2 Å². The number of hydrogen-bond acceptors (Lipinski definition) is 2. The summed E-state index contributed by atoms with van der Waals surface area (Å²) in [7, 11) is 0. The Bertz CT molecular complexity index is 266. The van der Waals surface area contributed by atoms with Gasteiger partial charge in [-0.05, 0) is 23.7 Å². The Labute approximate surface area is 99.4 Å². The first-order valence-electron chi connectivity index (χ1n) is 5.67. The monoisotopic (exact) mass is 224 g/mol. The summed E-state index contributed by atoms with van der Waals surface area (Å²) in [6.07, 6.45) is 5.58. The van der Waals surface area contributed by atoms with Gasteiger partial charge in [0, 0.05) is 6.92 Å². The van der Waals surface area contributed by atoms with Crippen LogP contribution in [-0.4, -0.2) is 12.6 Å². The summed E-state index contributed by atoms with van der Waals surface area (Å²) in [4.78, 5) is 10.7. The number of hydrogen-bond donors (Lipinski definition) is 0. The van der Waals surface area contributed by atoms with Crippen molar-refractivity contribution in [2.45, 2.75) is 40.5 Å². The van der Waals surface area contributed by atoms with E-state index in [-0.39, 0.29) is 16.8 Å². The van der Waals surface area contributed by atoms with E-state index in [0.717, 1.165) is 12.8 Å². The van der Waals surface area contributed by atoms with Crippen LogP contribution in [0, 0.1) is 10.8 Å². The van der Waals surface area contributed by atoms with E-state index in [2.05, 4.69) is 33.9 Å². The number of rotatable bonds is 7. The van der Waals surface area contributed by atoms with E-state index >= 15 is 0 Å². The van der Waals surface area contributed by atoms with Crippen molar-refractivity contribution >= 4 is 5.97 Å². The van der Waals surface area contributed by atoms with Crippen molar-refractivity contribution in [3.05, 3.63) is 25.3 Å². The van der Waals surface area contributed by atoms with Crippen LogP contribution in [0.2, 0.25) is 0 Å². The molecule has 0 radical (unpaired) electrons. The smallest absolute Gasteiger partial charge is 0.302 e. The number of ether oxygens (including phenoxy) is 1. The van der Waals surface area contributed by atoms with Crippen molar-refractivity contribution in [3.63, 3.8) is 0 Å². The van der Waals surface area contributed by atoms with Crippen molar-refractivity contribution in [2.24, 2.45) is 10.8 Å². The van der Waals surface area contributed by atoms with Gasteiger partial charge in [0.15, 0.2) is 0 Å². The van der Waals surface area contributed by atoms with E-state index in [1.165, 1.54) is 6.92 Å². The molecule has 0 aliphatic heterocycles. The molecular weight excluding hydrogens is 200 g/mol. The molecule has 0 saturated carbocycles. The highest BCUT2D eigenvalue weighted by atomic mass is 16.5. The first-order chi connectivity index (χ1) is 7.29. The van der Waals surface area contributed by atoms with Crippen LogP contribution in [0.5, 0.6) is 0 Å². The van der Waals surface area contributed by atoms with Gasteiger partial charge < -0.3 is 4.74 Å². The van der Waals surface area contributed by atoms with E-state index in [1.54, 1.807) is 0 Å². The molecule has 0 aromatic heterocycles. The fraction of sp³-hybridized carbons (Fsp3) is 0.643. The molecule has 0 aliphatic rings. The van der Waals surface area contributed by atoms with Gasteiger partial charge in [-0.25, -0.2) is 0 Å². The molecule has 92 valence electrons. The van der Waals surface area contributed by atoms with Gasteiger partial charge in [-0.2, -0.15) is 0 Å². The molecule has 2 nitrogen and oxygen atoms in total. The Balaban J connectivity index is 4.57. The molecule has 0 saturated heterocycles. The van der Waals surface area contributed by atoms with Crippen LogP contribution >= 0.6 is 0 Å².